The summed E-state index contributed by atoms with van der Waals surface area (Å²) < 4.78 is 8.85. The SMILES string of the molecule is Bc1c(B)c(B)c(-c2nc(-c3ccccc3)nc(-c3ccc4oc5cccc(-n6c7ccccc7c7ccccc76)c5c4c3)n2)c(B)c1B. The first-order valence-corrected chi connectivity index (χ1v) is 16.7. The van der Waals surface area contributed by atoms with E-state index in [1.165, 1.54) is 38.1 Å². The molecule has 5 nitrogen and oxygen atoms in total. The third kappa shape index (κ3) is 4.51. The Morgan fingerprint density at radius 2 is 1.02 bits per heavy atom. The van der Waals surface area contributed by atoms with Gasteiger partial charge in [0.1, 0.15) is 50.4 Å². The molecule has 0 unspecified atom stereocenters. The monoisotopic (exact) mass is 624 g/mol. The van der Waals surface area contributed by atoms with Gasteiger partial charge in [0.25, 0.3) is 0 Å². The zero-order valence-electron chi connectivity index (χ0n) is 28.2. The van der Waals surface area contributed by atoms with Crippen molar-refractivity contribution in [2.24, 2.45) is 0 Å². The van der Waals surface area contributed by atoms with Gasteiger partial charge in [-0.3, -0.25) is 0 Å². The summed E-state index contributed by atoms with van der Waals surface area (Å²) in [5.74, 6) is 1.97. The molecule has 9 rings (SSSR count). The zero-order valence-corrected chi connectivity index (χ0v) is 28.2. The normalized spacial score (nSPS) is 11.7. The molecule has 9 aromatic rings. The molecule has 0 bridgehead atoms. The summed E-state index contributed by atoms with van der Waals surface area (Å²) >= 11 is 0. The van der Waals surface area contributed by atoms with Crippen LogP contribution in [0.2, 0.25) is 0 Å². The van der Waals surface area contributed by atoms with Crippen molar-refractivity contribution in [1.82, 2.24) is 19.5 Å². The zero-order chi connectivity index (χ0) is 33.4. The molecule has 0 aliphatic rings. The highest BCUT2D eigenvalue weighted by atomic mass is 16.3. The van der Waals surface area contributed by atoms with Crippen molar-refractivity contribution in [2.45, 2.75) is 0 Å². The fraction of sp³-hybridized carbons (Fsp3) is 0. The molecule has 10 heteroatoms. The predicted molar refractivity (Wildman–Crippen MR) is 219 cm³/mol. The van der Waals surface area contributed by atoms with E-state index in [2.05, 4.69) is 135 Å². The maximum atomic E-state index is 6.49. The van der Waals surface area contributed by atoms with Gasteiger partial charge < -0.3 is 8.98 Å². The molecule has 0 saturated carbocycles. The maximum absolute atomic E-state index is 6.49. The van der Waals surface area contributed by atoms with Gasteiger partial charge in [0, 0.05) is 32.8 Å². The lowest BCUT2D eigenvalue weighted by molar-refractivity contribution is 0.669. The van der Waals surface area contributed by atoms with Crippen LogP contribution in [-0.4, -0.2) is 58.8 Å². The molecule has 0 amide bonds. The van der Waals surface area contributed by atoms with Crippen molar-refractivity contribution in [3.05, 3.63) is 115 Å². The standard InChI is InChI=1S/C39H29B5N4O/c40-32-31(33(41)35(43)36(44)34(32)42)39-46-37(20-9-2-1-3-10-20)45-38(47-39)21-17-18-28-24(19-21)30-27(15-8-16-29(30)49-28)48-25-13-6-4-11-22(25)23-12-5-7-14-26(23)48/h1-19H,40-44H2. The highest BCUT2D eigenvalue weighted by molar-refractivity contribution is 6.68. The number of nitrogens with zero attached hydrogens (tertiary/aromatic N) is 4. The quantitative estimate of drug-likeness (QED) is 0.277. The van der Waals surface area contributed by atoms with Crippen LogP contribution in [-0.2, 0) is 0 Å². The van der Waals surface area contributed by atoms with Crippen LogP contribution in [0.4, 0.5) is 0 Å². The van der Waals surface area contributed by atoms with E-state index >= 15 is 0 Å². The van der Waals surface area contributed by atoms with Gasteiger partial charge in [-0.15, -0.1) is 16.4 Å². The van der Waals surface area contributed by atoms with Gasteiger partial charge in [0.2, 0.25) is 0 Å². The van der Waals surface area contributed by atoms with Crippen LogP contribution in [0.5, 0.6) is 0 Å². The predicted octanol–water partition coefficient (Wildman–Crippen LogP) is 1.16. The number of fused-ring (bicyclic) bond motifs is 6. The van der Waals surface area contributed by atoms with Gasteiger partial charge in [-0.05, 0) is 42.5 Å². The summed E-state index contributed by atoms with van der Waals surface area (Å²) in [5, 5.41) is 4.52. The number of rotatable bonds is 4. The fourth-order valence-electron chi connectivity index (χ4n) is 7.48. The molecule has 3 aromatic heterocycles. The highest BCUT2D eigenvalue weighted by Gasteiger charge is 2.21. The van der Waals surface area contributed by atoms with Gasteiger partial charge in [0.05, 0.1) is 22.1 Å². The molecule has 0 aliphatic carbocycles. The van der Waals surface area contributed by atoms with E-state index in [9.17, 15) is 0 Å². The van der Waals surface area contributed by atoms with Gasteiger partial charge in [0.15, 0.2) is 17.5 Å². The minimum absolute atomic E-state index is 0.629. The smallest absolute Gasteiger partial charge is 0.164 e. The van der Waals surface area contributed by atoms with Crippen molar-refractivity contribution in [1.29, 1.82) is 0 Å². The largest absolute Gasteiger partial charge is 0.456 e. The number of benzene rings is 6. The summed E-state index contributed by atoms with van der Waals surface area (Å²) in [6, 6.07) is 40.0. The van der Waals surface area contributed by atoms with E-state index in [4.69, 9.17) is 19.4 Å². The Hall–Kier alpha value is -5.75. The van der Waals surface area contributed by atoms with E-state index in [-0.39, 0.29) is 0 Å². The minimum atomic E-state index is 0.629. The third-order valence-electron chi connectivity index (χ3n) is 10.4. The first-order valence-electron chi connectivity index (χ1n) is 16.7. The molecule has 0 N–H and O–H groups in total. The maximum Gasteiger partial charge on any atom is 0.164 e. The second-order valence-electron chi connectivity index (χ2n) is 13.0. The summed E-state index contributed by atoms with van der Waals surface area (Å²) in [5.41, 5.74) is 14.2. The molecule has 0 aliphatic heterocycles. The summed E-state index contributed by atoms with van der Waals surface area (Å²) in [7, 11) is 10.9. The van der Waals surface area contributed by atoms with E-state index in [1.54, 1.807) is 0 Å². The lowest BCUT2D eigenvalue weighted by atomic mass is 9.60. The van der Waals surface area contributed by atoms with Crippen LogP contribution in [0.3, 0.4) is 0 Å². The van der Waals surface area contributed by atoms with Crippen molar-refractivity contribution in [2.75, 3.05) is 0 Å². The lowest BCUT2D eigenvalue weighted by Crippen LogP contribution is -2.55. The molecule has 6 aromatic carbocycles. The van der Waals surface area contributed by atoms with Crippen molar-refractivity contribution in [3.63, 3.8) is 0 Å². The first-order chi connectivity index (χ1) is 23.9. The summed E-state index contributed by atoms with van der Waals surface area (Å²) in [4.78, 5) is 15.4. The Kier molecular flexibility index (Phi) is 6.70. The number of hydrogen-bond acceptors (Lipinski definition) is 4. The minimum Gasteiger partial charge on any atom is -0.456 e. The first kappa shape index (κ1) is 29.4. The Morgan fingerprint density at radius 3 is 1.69 bits per heavy atom. The van der Waals surface area contributed by atoms with Gasteiger partial charge in [-0.2, -0.15) is 0 Å². The molecule has 0 saturated heterocycles. The van der Waals surface area contributed by atoms with Gasteiger partial charge in [-0.25, -0.2) is 15.0 Å². The lowest BCUT2D eigenvalue weighted by Gasteiger charge is -2.20. The van der Waals surface area contributed by atoms with Crippen molar-refractivity contribution in [3.8, 4) is 39.9 Å². The van der Waals surface area contributed by atoms with Crippen LogP contribution in [0, 0.1) is 0 Å². The molecule has 226 valence electrons. The van der Waals surface area contributed by atoms with Gasteiger partial charge in [-0.1, -0.05) is 83.7 Å². The van der Waals surface area contributed by atoms with Crippen molar-refractivity contribution < 1.29 is 4.42 Å². The second-order valence-corrected chi connectivity index (χ2v) is 13.0. The van der Waals surface area contributed by atoms with E-state index in [0.717, 1.165) is 55.3 Å². The number of aromatic nitrogens is 4. The topological polar surface area (TPSA) is 56.7 Å². The third-order valence-corrected chi connectivity index (χ3v) is 10.4. The average Bonchev–Trinajstić information content (AvgIpc) is 3.69. The van der Waals surface area contributed by atoms with Crippen molar-refractivity contribution >= 4 is 110 Å². The Labute approximate surface area is 288 Å². The highest BCUT2D eigenvalue weighted by Crippen LogP contribution is 2.39. The number of hydrogen-bond donors (Lipinski definition) is 0. The summed E-state index contributed by atoms with van der Waals surface area (Å²) in [6.45, 7) is 0. The van der Waals surface area contributed by atoms with Crippen LogP contribution >= 0.6 is 0 Å². The summed E-state index contributed by atoms with van der Waals surface area (Å²) in [6.07, 6.45) is 0. The van der Waals surface area contributed by atoms with E-state index < -0.39 is 0 Å². The Morgan fingerprint density at radius 1 is 0.449 bits per heavy atom. The molecular weight excluding hydrogens is 595 g/mol. The number of para-hydroxylation sites is 2. The van der Waals surface area contributed by atoms with Crippen LogP contribution in [0.25, 0.3) is 83.6 Å². The fourth-order valence-corrected chi connectivity index (χ4v) is 7.48. The molecule has 0 fully saturated rings. The molecule has 49 heavy (non-hydrogen) atoms. The Bertz CT molecular complexity index is 2710. The Balaban J connectivity index is 1.31. The van der Waals surface area contributed by atoms with Crippen LogP contribution in [0.15, 0.2) is 120 Å². The molecule has 0 radical (unpaired) electrons. The van der Waals surface area contributed by atoms with E-state index in [1.807, 2.05) is 24.3 Å². The van der Waals surface area contributed by atoms with Gasteiger partial charge >= 0.3 is 0 Å². The average molecular weight is 624 g/mol. The van der Waals surface area contributed by atoms with Crippen LogP contribution < -0.4 is 27.3 Å². The van der Waals surface area contributed by atoms with Crippen LogP contribution in [0.1, 0.15) is 0 Å². The molecular formula is C39H29B5N4O. The molecule has 0 atom stereocenters. The molecule has 3 heterocycles. The van der Waals surface area contributed by atoms with E-state index in [0.29, 0.717) is 17.5 Å². The molecule has 0 spiro atoms. The number of furan rings is 1. The second kappa shape index (κ2) is 11.2.